The maximum Gasteiger partial charge on any atom is 0.254 e. The van der Waals surface area contributed by atoms with Gasteiger partial charge in [-0.1, -0.05) is 0 Å². The Bertz CT molecular complexity index is 292. The number of aliphatic hydroxyl groups excluding tert-OH is 1. The minimum absolute atomic E-state index is 0.350. The fraction of sp³-hybridized carbons (Fsp3) is 0.889. The summed E-state index contributed by atoms with van der Waals surface area (Å²) in [6, 6.07) is 0. The first kappa shape index (κ1) is 10.8. The topological polar surface area (TPSA) is 88.0 Å². The van der Waals surface area contributed by atoms with E-state index in [1.807, 2.05) is 0 Å². The van der Waals surface area contributed by atoms with Crippen LogP contribution in [0.25, 0.3) is 0 Å². The van der Waals surface area contributed by atoms with Crippen molar-refractivity contribution in [2.75, 3.05) is 6.54 Å². The van der Waals surface area contributed by atoms with E-state index >= 15 is 0 Å². The lowest BCUT2D eigenvalue weighted by atomic mass is 10.0. The molecule has 6 heteroatoms. The predicted molar refractivity (Wildman–Crippen MR) is 48.6 cm³/mol. The Labute approximate surface area is 87.2 Å². The molecule has 3 atom stereocenters. The molecule has 3 N–H and O–H groups in total. The summed E-state index contributed by atoms with van der Waals surface area (Å²) in [4.78, 5) is 11.3. The van der Waals surface area contributed by atoms with Crippen LogP contribution >= 0.6 is 0 Å². The van der Waals surface area contributed by atoms with Crippen molar-refractivity contribution in [3.05, 3.63) is 0 Å². The molecule has 2 saturated heterocycles. The maximum absolute atomic E-state index is 11.3. The Kier molecular flexibility index (Phi) is 2.27. The molecule has 0 spiro atoms. The Morgan fingerprint density at radius 1 is 1.53 bits per heavy atom. The summed E-state index contributed by atoms with van der Waals surface area (Å²) in [6.45, 7) is 3.61. The van der Waals surface area contributed by atoms with E-state index in [1.165, 1.54) is 0 Å². The van der Waals surface area contributed by atoms with Crippen molar-refractivity contribution in [1.82, 2.24) is 5.32 Å². The number of carbonyl (C=O) groups excluding carboxylic acids is 1. The summed E-state index contributed by atoms with van der Waals surface area (Å²) in [7, 11) is 0. The van der Waals surface area contributed by atoms with E-state index in [0.29, 0.717) is 13.0 Å². The van der Waals surface area contributed by atoms with Crippen LogP contribution in [0.3, 0.4) is 0 Å². The highest BCUT2D eigenvalue weighted by atomic mass is 16.8. The van der Waals surface area contributed by atoms with E-state index in [-0.39, 0.29) is 0 Å². The number of nitrogens with one attached hydrogen (secondary N) is 1. The molecule has 15 heavy (non-hydrogen) atoms. The van der Waals surface area contributed by atoms with Crippen molar-refractivity contribution in [3.63, 3.8) is 0 Å². The van der Waals surface area contributed by atoms with Crippen LogP contribution in [0.15, 0.2) is 0 Å². The molecule has 2 heterocycles. The molecule has 0 bridgehead atoms. The molecule has 0 radical (unpaired) electrons. The van der Waals surface area contributed by atoms with Crippen LogP contribution in [-0.2, 0) is 14.3 Å². The first-order chi connectivity index (χ1) is 6.85. The monoisotopic (exact) mass is 217 g/mol. The van der Waals surface area contributed by atoms with Gasteiger partial charge < -0.3 is 25.0 Å². The molecular formula is C9H15NO5. The molecule has 2 aliphatic heterocycles. The van der Waals surface area contributed by atoms with Crippen LogP contribution in [0.5, 0.6) is 0 Å². The molecule has 0 aromatic heterocycles. The number of ether oxygens (including phenoxy) is 2. The van der Waals surface area contributed by atoms with Gasteiger partial charge in [0.2, 0.25) is 5.79 Å². The Morgan fingerprint density at radius 3 is 2.87 bits per heavy atom. The van der Waals surface area contributed by atoms with Gasteiger partial charge in [-0.25, -0.2) is 0 Å². The molecule has 2 aliphatic rings. The third-order valence-electron chi connectivity index (χ3n) is 2.64. The lowest BCUT2D eigenvalue weighted by Crippen LogP contribution is -2.54. The van der Waals surface area contributed by atoms with E-state index in [0.717, 1.165) is 0 Å². The van der Waals surface area contributed by atoms with Crippen molar-refractivity contribution in [2.24, 2.45) is 0 Å². The van der Waals surface area contributed by atoms with E-state index < -0.39 is 29.7 Å². The van der Waals surface area contributed by atoms with Crippen LogP contribution in [0.1, 0.15) is 20.3 Å². The van der Waals surface area contributed by atoms with Gasteiger partial charge in [-0.2, -0.15) is 0 Å². The number of hydrogen-bond donors (Lipinski definition) is 3. The van der Waals surface area contributed by atoms with Gasteiger partial charge in [-0.05, 0) is 20.3 Å². The number of carbonyl (C=O) groups is 1. The van der Waals surface area contributed by atoms with Crippen LogP contribution in [0, 0.1) is 0 Å². The highest BCUT2D eigenvalue weighted by Crippen LogP contribution is 2.39. The third kappa shape index (κ3) is 1.63. The summed E-state index contributed by atoms with van der Waals surface area (Å²) in [5, 5.41) is 22.2. The van der Waals surface area contributed by atoms with Gasteiger partial charge in [-0.15, -0.1) is 0 Å². The van der Waals surface area contributed by atoms with Crippen molar-refractivity contribution >= 4 is 5.91 Å². The minimum Gasteiger partial charge on any atom is -0.378 e. The van der Waals surface area contributed by atoms with Crippen LogP contribution in [0.4, 0.5) is 0 Å². The molecular weight excluding hydrogens is 202 g/mol. The number of fused-ring (bicyclic) bond motifs is 1. The first-order valence-corrected chi connectivity index (χ1v) is 4.91. The second kappa shape index (κ2) is 3.15. The minimum atomic E-state index is -1.94. The summed E-state index contributed by atoms with van der Waals surface area (Å²) in [5.74, 6) is -3.57. The van der Waals surface area contributed by atoms with E-state index in [2.05, 4.69) is 5.32 Å². The first-order valence-electron chi connectivity index (χ1n) is 4.91. The lowest BCUT2D eigenvalue weighted by molar-refractivity contribution is -0.265. The molecule has 3 unspecified atom stereocenters. The van der Waals surface area contributed by atoms with Gasteiger partial charge in [0.15, 0.2) is 11.9 Å². The third-order valence-corrected chi connectivity index (χ3v) is 2.64. The quantitative estimate of drug-likeness (QED) is 0.470. The summed E-state index contributed by atoms with van der Waals surface area (Å²) in [6.07, 6.45) is -1.91. The standard InChI is InChI=1S/C9H15NO5/c1-8(2)14-5-3-4-10-7(12)6(11)9(5,13)15-8/h5-6,11,13H,3-4H2,1-2H3,(H,10,12). The van der Waals surface area contributed by atoms with Crippen molar-refractivity contribution < 1.29 is 24.5 Å². The van der Waals surface area contributed by atoms with Crippen LogP contribution in [0.2, 0.25) is 0 Å². The Hall–Kier alpha value is -0.690. The number of aliphatic hydroxyl groups is 2. The molecule has 2 rings (SSSR count). The molecule has 0 aromatic carbocycles. The van der Waals surface area contributed by atoms with E-state index in [9.17, 15) is 15.0 Å². The SMILES string of the molecule is CC1(C)OC2CCNC(=O)C(O)C2(O)O1. The van der Waals surface area contributed by atoms with Gasteiger partial charge in [0.25, 0.3) is 5.91 Å². The normalized spacial score (nSPS) is 44.4. The smallest absolute Gasteiger partial charge is 0.254 e. The fourth-order valence-electron chi connectivity index (χ4n) is 2.02. The molecule has 0 saturated carbocycles. The molecule has 6 nitrogen and oxygen atoms in total. The van der Waals surface area contributed by atoms with E-state index in [1.54, 1.807) is 13.8 Å². The molecule has 0 aromatic rings. The molecule has 86 valence electrons. The van der Waals surface area contributed by atoms with E-state index in [4.69, 9.17) is 9.47 Å². The Balaban J connectivity index is 2.31. The molecule has 2 fully saturated rings. The number of amides is 1. The van der Waals surface area contributed by atoms with Crippen molar-refractivity contribution in [3.8, 4) is 0 Å². The van der Waals surface area contributed by atoms with Gasteiger partial charge in [0.05, 0.1) is 0 Å². The highest BCUT2D eigenvalue weighted by molar-refractivity contribution is 5.82. The number of rotatable bonds is 0. The number of hydrogen-bond acceptors (Lipinski definition) is 5. The summed E-state index contributed by atoms with van der Waals surface area (Å²) < 4.78 is 10.7. The lowest BCUT2D eigenvalue weighted by Gasteiger charge is -2.28. The molecule has 0 aliphatic carbocycles. The summed E-state index contributed by atoms with van der Waals surface area (Å²) >= 11 is 0. The zero-order valence-corrected chi connectivity index (χ0v) is 8.69. The maximum atomic E-state index is 11.3. The average molecular weight is 217 g/mol. The fourth-order valence-corrected chi connectivity index (χ4v) is 2.02. The largest absolute Gasteiger partial charge is 0.378 e. The van der Waals surface area contributed by atoms with Crippen LogP contribution in [-0.4, -0.2) is 46.4 Å². The van der Waals surface area contributed by atoms with Gasteiger partial charge in [0.1, 0.15) is 6.10 Å². The second-order valence-corrected chi connectivity index (χ2v) is 4.34. The Morgan fingerprint density at radius 2 is 2.20 bits per heavy atom. The van der Waals surface area contributed by atoms with Crippen molar-refractivity contribution in [2.45, 2.75) is 44.1 Å². The van der Waals surface area contributed by atoms with Gasteiger partial charge >= 0.3 is 0 Å². The summed E-state index contributed by atoms with van der Waals surface area (Å²) in [5.41, 5.74) is 0. The zero-order valence-electron chi connectivity index (χ0n) is 8.69. The second-order valence-electron chi connectivity index (χ2n) is 4.34. The average Bonchev–Trinajstić information content (AvgIpc) is 2.30. The van der Waals surface area contributed by atoms with Crippen molar-refractivity contribution in [1.29, 1.82) is 0 Å². The van der Waals surface area contributed by atoms with Crippen LogP contribution < -0.4 is 5.32 Å². The highest BCUT2D eigenvalue weighted by Gasteiger charge is 2.59. The zero-order chi connectivity index (χ0) is 11.3. The van der Waals surface area contributed by atoms with Gasteiger partial charge in [-0.3, -0.25) is 4.79 Å². The molecule has 1 amide bonds. The van der Waals surface area contributed by atoms with Gasteiger partial charge in [0, 0.05) is 6.54 Å². The predicted octanol–water partition coefficient (Wildman–Crippen LogP) is -1.29.